The summed E-state index contributed by atoms with van der Waals surface area (Å²) in [7, 11) is -3.38. The van der Waals surface area contributed by atoms with Gasteiger partial charge in [0.2, 0.25) is 0 Å². The van der Waals surface area contributed by atoms with Crippen LogP contribution >= 0.6 is 0 Å². The highest BCUT2D eigenvalue weighted by Gasteiger charge is 2.43. The normalized spacial score (nSPS) is 23.3. The van der Waals surface area contributed by atoms with Gasteiger partial charge >= 0.3 is 6.18 Å². The Morgan fingerprint density at radius 3 is 2.32 bits per heavy atom. The quantitative estimate of drug-likeness (QED) is 0.403. The highest BCUT2D eigenvalue weighted by molar-refractivity contribution is 7.91. The number of pyridine rings is 1. The van der Waals surface area contributed by atoms with Crippen LogP contribution in [-0.4, -0.2) is 54.4 Å². The Balaban J connectivity index is 1.48. The smallest absolute Gasteiger partial charge is 0.391 e. The second-order valence-electron chi connectivity index (χ2n) is 12.0. The average molecular weight is 596 g/mol. The Morgan fingerprint density at radius 2 is 1.78 bits per heavy atom. The molecule has 2 atom stereocenters. The van der Waals surface area contributed by atoms with Crippen molar-refractivity contribution < 1.29 is 31.5 Å². The number of fused-ring (bicyclic) bond motifs is 1. The predicted octanol–water partition coefficient (Wildman–Crippen LogP) is 5.39. The van der Waals surface area contributed by atoms with Gasteiger partial charge in [0, 0.05) is 19.3 Å². The van der Waals surface area contributed by atoms with Crippen LogP contribution in [0.4, 0.5) is 13.2 Å². The van der Waals surface area contributed by atoms with Crippen molar-refractivity contribution in [1.82, 2.24) is 15.2 Å². The third kappa shape index (κ3) is 6.78. The number of nitrogens with one attached hydrogen (secondary N) is 1. The molecule has 11 heteroatoms. The Morgan fingerprint density at radius 1 is 1.15 bits per heavy atom. The molecular formula is C30H40F3N3O4S. The summed E-state index contributed by atoms with van der Waals surface area (Å²) >= 11 is 0. The lowest BCUT2D eigenvalue weighted by Crippen LogP contribution is -2.46. The fourth-order valence-electron chi connectivity index (χ4n) is 6.17. The van der Waals surface area contributed by atoms with Crippen LogP contribution in [0.1, 0.15) is 86.6 Å². The number of benzene rings is 1. The lowest BCUT2D eigenvalue weighted by molar-refractivity contribution is -0.184. The molecule has 0 bridgehead atoms. The van der Waals surface area contributed by atoms with Gasteiger partial charge in [-0.25, -0.2) is 8.42 Å². The zero-order chi connectivity index (χ0) is 30.2. The Bertz CT molecular complexity index is 1340. The highest BCUT2D eigenvalue weighted by Crippen LogP contribution is 2.43. The minimum Gasteiger partial charge on any atom is -0.394 e. The van der Waals surface area contributed by atoms with Crippen molar-refractivity contribution in [2.75, 3.05) is 18.9 Å². The molecule has 7 nitrogen and oxygen atoms in total. The number of rotatable bonds is 9. The van der Waals surface area contributed by atoms with Crippen molar-refractivity contribution in [3.05, 3.63) is 58.9 Å². The van der Waals surface area contributed by atoms with Gasteiger partial charge in [0.1, 0.15) is 0 Å². The summed E-state index contributed by atoms with van der Waals surface area (Å²) in [6, 6.07) is 7.95. The molecule has 1 aromatic heterocycles. The van der Waals surface area contributed by atoms with E-state index in [0.29, 0.717) is 37.1 Å². The van der Waals surface area contributed by atoms with Gasteiger partial charge < -0.3 is 10.4 Å². The molecule has 1 aliphatic carbocycles. The second-order valence-corrected chi connectivity index (χ2v) is 14.3. The van der Waals surface area contributed by atoms with Crippen LogP contribution in [0.2, 0.25) is 0 Å². The van der Waals surface area contributed by atoms with E-state index in [1.54, 1.807) is 26.0 Å². The number of halogens is 3. The number of aromatic nitrogens is 1. The molecule has 226 valence electrons. The van der Waals surface area contributed by atoms with Gasteiger partial charge in [-0.3, -0.25) is 14.7 Å². The van der Waals surface area contributed by atoms with Crippen molar-refractivity contribution in [3.63, 3.8) is 0 Å². The van der Waals surface area contributed by atoms with Crippen molar-refractivity contribution in [2.45, 2.75) is 82.6 Å². The molecular weight excluding hydrogens is 555 g/mol. The van der Waals surface area contributed by atoms with Gasteiger partial charge in [0.25, 0.3) is 5.91 Å². The van der Waals surface area contributed by atoms with E-state index >= 15 is 0 Å². The molecule has 1 fully saturated rings. The first-order chi connectivity index (χ1) is 19.2. The van der Waals surface area contributed by atoms with E-state index < -0.39 is 40.0 Å². The molecule has 1 aromatic carbocycles. The van der Waals surface area contributed by atoms with Crippen LogP contribution in [-0.2, 0) is 21.9 Å². The average Bonchev–Trinajstić information content (AvgIpc) is 3.30. The fraction of sp³-hybridized carbons (Fsp3) is 0.600. The molecule has 4 rings (SSSR count). The number of amides is 1. The first-order valence-electron chi connectivity index (χ1n) is 14.2. The Labute approximate surface area is 240 Å². The molecule has 1 aliphatic heterocycles. The standard InChI is InChI=1S/C30H40F3N3O4S/c1-5-41(39,40)25-12-10-23(11-13-25)29(4,18-37)35-28(38)21-14-22-17-36(27(19(2)3)26(22)34-15-21)16-20-6-8-24(9-7-20)30(31,32)33/h10-15,19-20,24,27,37H,5-9,16-18H2,1-4H3,(H,35,38). The summed E-state index contributed by atoms with van der Waals surface area (Å²) in [5, 5.41) is 13.1. The molecule has 0 radical (unpaired) electrons. The Hall–Kier alpha value is -2.50. The number of hydrogen-bond donors (Lipinski definition) is 2. The van der Waals surface area contributed by atoms with E-state index in [4.69, 9.17) is 0 Å². The van der Waals surface area contributed by atoms with Gasteiger partial charge in [0.05, 0.1) is 46.0 Å². The fourth-order valence-corrected chi connectivity index (χ4v) is 7.05. The number of carbonyl (C=O) groups excluding carboxylic acids is 1. The van der Waals surface area contributed by atoms with E-state index in [2.05, 4.69) is 29.0 Å². The van der Waals surface area contributed by atoms with Crippen LogP contribution in [0.5, 0.6) is 0 Å². The van der Waals surface area contributed by atoms with Gasteiger partial charge in [-0.15, -0.1) is 0 Å². The summed E-state index contributed by atoms with van der Waals surface area (Å²) < 4.78 is 63.7. The number of nitrogens with zero attached hydrogens (tertiary/aromatic N) is 2. The van der Waals surface area contributed by atoms with Crippen LogP contribution in [0.25, 0.3) is 0 Å². The monoisotopic (exact) mass is 595 g/mol. The van der Waals surface area contributed by atoms with Crippen LogP contribution in [0.3, 0.4) is 0 Å². The molecule has 0 saturated heterocycles. The Kier molecular flexibility index (Phi) is 9.21. The first-order valence-corrected chi connectivity index (χ1v) is 15.9. The second kappa shape index (κ2) is 12.0. The molecule has 2 unspecified atom stereocenters. The van der Waals surface area contributed by atoms with Crippen molar-refractivity contribution >= 4 is 15.7 Å². The maximum atomic E-state index is 13.3. The van der Waals surface area contributed by atoms with Crippen LogP contribution in [0, 0.1) is 17.8 Å². The van der Waals surface area contributed by atoms with Crippen LogP contribution in [0.15, 0.2) is 41.4 Å². The predicted molar refractivity (Wildman–Crippen MR) is 150 cm³/mol. The van der Waals surface area contributed by atoms with Crippen molar-refractivity contribution in [2.24, 2.45) is 17.8 Å². The number of hydrogen-bond acceptors (Lipinski definition) is 6. The van der Waals surface area contributed by atoms with E-state index in [1.807, 2.05) is 6.07 Å². The van der Waals surface area contributed by atoms with Crippen LogP contribution < -0.4 is 5.32 Å². The van der Waals surface area contributed by atoms with E-state index in [0.717, 1.165) is 11.3 Å². The first kappa shape index (κ1) is 31.4. The van der Waals surface area contributed by atoms with Crippen molar-refractivity contribution in [1.29, 1.82) is 0 Å². The maximum Gasteiger partial charge on any atom is 0.391 e. The summed E-state index contributed by atoms with van der Waals surface area (Å²) in [6.45, 7) is 8.28. The molecule has 2 heterocycles. The maximum absolute atomic E-state index is 13.3. The van der Waals surface area contributed by atoms with E-state index in [9.17, 15) is 31.5 Å². The minimum atomic E-state index is -4.12. The SMILES string of the molecule is CCS(=O)(=O)c1ccc(C(C)(CO)NC(=O)c2cnc3c(c2)CN(CC2CCC(C(F)(F)F)CC2)C3C(C)C)cc1. The van der Waals surface area contributed by atoms with Gasteiger partial charge in [-0.1, -0.05) is 32.9 Å². The summed E-state index contributed by atoms with van der Waals surface area (Å²) in [6.07, 6.45) is -1.16. The van der Waals surface area contributed by atoms with Gasteiger partial charge in [-0.05, 0) is 73.8 Å². The zero-order valence-electron chi connectivity index (χ0n) is 24.0. The highest BCUT2D eigenvalue weighted by atomic mass is 32.2. The zero-order valence-corrected chi connectivity index (χ0v) is 24.9. The number of aliphatic hydroxyl groups is 1. The molecule has 2 aliphatic rings. The number of alkyl halides is 3. The topological polar surface area (TPSA) is 99.6 Å². The summed E-state index contributed by atoms with van der Waals surface area (Å²) in [5.41, 5.74) is 1.54. The number of carbonyl (C=O) groups is 1. The number of sulfone groups is 1. The molecule has 2 N–H and O–H groups in total. The largest absolute Gasteiger partial charge is 0.394 e. The lowest BCUT2D eigenvalue weighted by Gasteiger charge is -2.35. The molecule has 2 aromatic rings. The molecule has 0 spiro atoms. The molecule has 1 amide bonds. The molecule has 41 heavy (non-hydrogen) atoms. The van der Waals surface area contributed by atoms with E-state index in [-0.39, 0.29) is 41.4 Å². The van der Waals surface area contributed by atoms with Crippen molar-refractivity contribution in [3.8, 4) is 0 Å². The summed E-state index contributed by atoms with van der Waals surface area (Å²) in [5.74, 6) is -1.24. The van der Waals surface area contributed by atoms with E-state index in [1.165, 1.54) is 18.3 Å². The number of aliphatic hydroxyl groups excluding tert-OH is 1. The molecule has 1 saturated carbocycles. The minimum absolute atomic E-state index is 0.0167. The summed E-state index contributed by atoms with van der Waals surface area (Å²) in [4.78, 5) is 20.5. The third-order valence-electron chi connectivity index (χ3n) is 8.68. The van der Waals surface area contributed by atoms with Gasteiger partial charge in [0.15, 0.2) is 9.84 Å². The van der Waals surface area contributed by atoms with Gasteiger partial charge in [-0.2, -0.15) is 13.2 Å². The third-order valence-corrected chi connectivity index (χ3v) is 10.4. The lowest BCUT2D eigenvalue weighted by atomic mass is 9.81.